The van der Waals surface area contributed by atoms with E-state index in [-0.39, 0.29) is 11.5 Å². The van der Waals surface area contributed by atoms with E-state index in [2.05, 4.69) is 15.6 Å². The van der Waals surface area contributed by atoms with Crippen LogP contribution < -0.4 is 20.1 Å². The van der Waals surface area contributed by atoms with Crippen molar-refractivity contribution in [1.29, 1.82) is 0 Å². The molecule has 0 aliphatic carbocycles. The van der Waals surface area contributed by atoms with Crippen LogP contribution in [0.1, 0.15) is 16.1 Å². The number of carbonyl (C=O) groups is 1. The molecule has 0 saturated carbocycles. The van der Waals surface area contributed by atoms with Gasteiger partial charge in [0.25, 0.3) is 5.91 Å². The normalized spacial score (nSPS) is 10.4. The average molecular weight is 387 g/mol. The van der Waals surface area contributed by atoms with E-state index in [1.807, 2.05) is 0 Å². The summed E-state index contributed by atoms with van der Waals surface area (Å²) in [5, 5.41) is 7.90. The molecule has 1 amide bonds. The van der Waals surface area contributed by atoms with Gasteiger partial charge in [0, 0.05) is 17.1 Å². The van der Waals surface area contributed by atoms with E-state index in [4.69, 9.17) is 9.47 Å². The number of halogens is 1. The Labute approximate surface area is 160 Å². The summed E-state index contributed by atoms with van der Waals surface area (Å²) >= 11 is 1.27. The van der Waals surface area contributed by atoms with Crippen molar-refractivity contribution in [2.45, 2.75) is 6.92 Å². The van der Waals surface area contributed by atoms with E-state index in [1.54, 1.807) is 56.9 Å². The van der Waals surface area contributed by atoms with Gasteiger partial charge in [0.2, 0.25) is 0 Å². The monoisotopic (exact) mass is 387 g/mol. The molecule has 8 heteroatoms. The molecule has 0 spiro atoms. The molecule has 0 aliphatic heterocycles. The summed E-state index contributed by atoms with van der Waals surface area (Å²) in [7, 11) is 3.13. The second kappa shape index (κ2) is 8.05. The molecule has 3 rings (SSSR count). The maximum Gasteiger partial charge on any atom is 0.275 e. The fourth-order valence-corrected chi connectivity index (χ4v) is 3.02. The molecule has 0 aliphatic rings. The van der Waals surface area contributed by atoms with Gasteiger partial charge in [-0.25, -0.2) is 9.37 Å². The average Bonchev–Trinajstić information content (AvgIpc) is 3.14. The first-order valence-electron chi connectivity index (χ1n) is 8.02. The summed E-state index contributed by atoms with van der Waals surface area (Å²) < 4.78 is 24.1. The van der Waals surface area contributed by atoms with E-state index in [0.717, 1.165) is 0 Å². The van der Waals surface area contributed by atoms with E-state index in [9.17, 15) is 9.18 Å². The second-order valence-corrected chi connectivity index (χ2v) is 6.51. The zero-order valence-electron chi connectivity index (χ0n) is 15.0. The highest BCUT2D eigenvalue weighted by molar-refractivity contribution is 7.14. The number of nitrogens with zero attached hydrogens (tertiary/aromatic N) is 1. The van der Waals surface area contributed by atoms with Crippen LogP contribution in [0, 0.1) is 12.7 Å². The number of ether oxygens (including phenoxy) is 2. The number of thiazole rings is 1. The van der Waals surface area contributed by atoms with Crippen LogP contribution in [0.15, 0.2) is 41.8 Å². The summed E-state index contributed by atoms with van der Waals surface area (Å²) in [6.07, 6.45) is 0. The Morgan fingerprint density at radius 3 is 2.67 bits per heavy atom. The summed E-state index contributed by atoms with van der Waals surface area (Å²) in [5.74, 6) is 0.469. The fraction of sp³-hybridized carbons (Fsp3) is 0.158. The third-order valence-electron chi connectivity index (χ3n) is 3.82. The molecule has 27 heavy (non-hydrogen) atoms. The molecular weight excluding hydrogens is 369 g/mol. The third kappa shape index (κ3) is 4.35. The molecule has 0 atom stereocenters. The molecule has 1 heterocycles. The minimum Gasteiger partial charge on any atom is -0.497 e. The van der Waals surface area contributed by atoms with Crippen LogP contribution >= 0.6 is 11.3 Å². The Bertz CT molecular complexity index is 975. The Kier molecular flexibility index (Phi) is 5.56. The van der Waals surface area contributed by atoms with Gasteiger partial charge >= 0.3 is 0 Å². The highest BCUT2D eigenvalue weighted by Gasteiger charge is 2.13. The standard InChI is InChI=1S/C19H18FN3O3S/c1-11-4-5-12(8-14(11)20)21-18(24)16-10-27-19(23-16)22-15-7-6-13(25-2)9-17(15)26-3/h4-10H,1-3H3,(H,21,24)(H,22,23). The summed E-state index contributed by atoms with van der Waals surface area (Å²) in [4.78, 5) is 16.6. The van der Waals surface area contributed by atoms with Crippen LogP contribution in [-0.4, -0.2) is 25.1 Å². The molecule has 0 unspecified atom stereocenters. The molecule has 0 saturated heterocycles. The SMILES string of the molecule is COc1ccc(Nc2nc(C(=O)Nc3ccc(C)c(F)c3)cs2)c(OC)c1. The maximum absolute atomic E-state index is 13.6. The molecule has 0 bridgehead atoms. The van der Waals surface area contributed by atoms with Crippen molar-refractivity contribution in [3.63, 3.8) is 0 Å². The Morgan fingerprint density at radius 1 is 1.15 bits per heavy atom. The van der Waals surface area contributed by atoms with Crippen molar-refractivity contribution < 1.29 is 18.7 Å². The first-order chi connectivity index (χ1) is 13.0. The van der Waals surface area contributed by atoms with Gasteiger partial charge in [0.05, 0.1) is 19.9 Å². The molecule has 6 nitrogen and oxygen atoms in total. The van der Waals surface area contributed by atoms with E-state index in [1.165, 1.54) is 17.4 Å². The predicted octanol–water partition coefficient (Wildman–Crippen LogP) is 4.60. The highest BCUT2D eigenvalue weighted by atomic mass is 32.1. The fourth-order valence-electron chi connectivity index (χ4n) is 2.32. The number of methoxy groups -OCH3 is 2. The molecule has 140 valence electrons. The molecule has 1 aromatic heterocycles. The summed E-state index contributed by atoms with van der Waals surface area (Å²) in [5.41, 5.74) is 1.82. The van der Waals surface area contributed by atoms with E-state index in [0.29, 0.717) is 33.6 Å². The molecule has 0 radical (unpaired) electrons. The van der Waals surface area contributed by atoms with E-state index >= 15 is 0 Å². The van der Waals surface area contributed by atoms with E-state index < -0.39 is 5.91 Å². The number of aryl methyl sites for hydroxylation is 1. The highest BCUT2D eigenvalue weighted by Crippen LogP contribution is 2.32. The maximum atomic E-state index is 13.6. The Morgan fingerprint density at radius 2 is 1.96 bits per heavy atom. The van der Waals surface area contributed by atoms with Crippen LogP contribution in [0.2, 0.25) is 0 Å². The first kappa shape index (κ1) is 18.7. The first-order valence-corrected chi connectivity index (χ1v) is 8.90. The Hall–Kier alpha value is -3.13. The predicted molar refractivity (Wildman–Crippen MR) is 104 cm³/mol. The lowest BCUT2D eigenvalue weighted by Gasteiger charge is -2.10. The zero-order chi connectivity index (χ0) is 19.4. The van der Waals surface area contributed by atoms with Crippen LogP contribution in [0.5, 0.6) is 11.5 Å². The van der Waals surface area contributed by atoms with Gasteiger partial charge in [-0.05, 0) is 36.8 Å². The number of amides is 1. The minimum atomic E-state index is -0.413. The van der Waals surface area contributed by atoms with Crippen molar-refractivity contribution in [3.8, 4) is 11.5 Å². The lowest BCUT2D eigenvalue weighted by atomic mass is 10.2. The van der Waals surface area contributed by atoms with Gasteiger partial charge < -0.3 is 20.1 Å². The van der Waals surface area contributed by atoms with Gasteiger partial charge in [-0.15, -0.1) is 11.3 Å². The number of hydrogen-bond donors (Lipinski definition) is 2. The lowest BCUT2D eigenvalue weighted by molar-refractivity contribution is 0.102. The van der Waals surface area contributed by atoms with Crippen molar-refractivity contribution in [2.75, 3.05) is 24.9 Å². The van der Waals surface area contributed by atoms with Gasteiger partial charge in [-0.3, -0.25) is 4.79 Å². The molecule has 3 aromatic rings. The molecule has 2 N–H and O–H groups in total. The number of carbonyl (C=O) groups excluding carboxylic acids is 1. The van der Waals surface area contributed by atoms with Gasteiger partial charge in [0.1, 0.15) is 23.0 Å². The second-order valence-electron chi connectivity index (χ2n) is 5.65. The largest absolute Gasteiger partial charge is 0.497 e. The topological polar surface area (TPSA) is 72.5 Å². The number of aromatic nitrogens is 1. The third-order valence-corrected chi connectivity index (χ3v) is 4.57. The van der Waals surface area contributed by atoms with Crippen molar-refractivity contribution in [1.82, 2.24) is 4.98 Å². The zero-order valence-corrected chi connectivity index (χ0v) is 15.8. The number of rotatable bonds is 6. The van der Waals surface area contributed by atoms with Crippen LogP contribution in [-0.2, 0) is 0 Å². The minimum absolute atomic E-state index is 0.232. The summed E-state index contributed by atoms with van der Waals surface area (Å²) in [6, 6.07) is 9.86. The lowest BCUT2D eigenvalue weighted by Crippen LogP contribution is -2.12. The van der Waals surface area contributed by atoms with Crippen LogP contribution in [0.25, 0.3) is 0 Å². The Balaban J connectivity index is 1.72. The quantitative estimate of drug-likeness (QED) is 0.647. The smallest absolute Gasteiger partial charge is 0.275 e. The number of benzene rings is 2. The molecular formula is C19H18FN3O3S. The number of hydrogen-bond acceptors (Lipinski definition) is 6. The summed E-state index contributed by atoms with van der Waals surface area (Å²) in [6.45, 7) is 1.66. The van der Waals surface area contributed by atoms with Crippen LogP contribution in [0.4, 0.5) is 20.9 Å². The number of anilines is 3. The van der Waals surface area contributed by atoms with Crippen molar-refractivity contribution >= 4 is 33.8 Å². The molecule has 2 aromatic carbocycles. The van der Waals surface area contributed by atoms with Gasteiger partial charge in [-0.1, -0.05) is 6.07 Å². The van der Waals surface area contributed by atoms with Gasteiger partial charge in [-0.2, -0.15) is 0 Å². The van der Waals surface area contributed by atoms with Crippen LogP contribution in [0.3, 0.4) is 0 Å². The van der Waals surface area contributed by atoms with Crippen molar-refractivity contribution in [3.05, 3.63) is 58.9 Å². The van der Waals surface area contributed by atoms with Crippen molar-refractivity contribution in [2.24, 2.45) is 0 Å². The van der Waals surface area contributed by atoms with Gasteiger partial charge in [0.15, 0.2) is 5.13 Å². The molecule has 0 fully saturated rings. The number of nitrogens with one attached hydrogen (secondary N) is 2.